The van der Waals surface area contributed by atoms with E-state index in [1.54, 1.807) is 0 Å². The Balaban J connectivity index is 1.50. The smallest absolute Gasteiger partial charge is 0.223 e. The lowest BCUT2D eigenvalue weighted by atomic mass is 9.91. The maximum Gasteiger partial charge on any atom is 0.223 e. The number of carbonyl (C=O) groups excluding carboxylic acids is 1. The molecule has 1 atom stereocenters. The number of aromatic nitrogens is 2. The van der Waals surface area contributed by atoms with Crippen molar-refractivity contribution < 1.29 is 4.79 Å². The van der Waals surface area contributed by atoms with E-state index in [4.69, 9.17) is 10.7 Å². The molecular weight excluding hydrogens is 348 g/mol. The molecule has 0 bridgehead atoms. The van der Waals surface area contributed by atoms with Crippen molar-refractivity contribution in [2.24, 2.45) is 11.7 Å². The number of fused-ring (bicyclic) bond motifs is 1. The van der Waals surface area contributed by atoms with Crippen LogP contribution in [-0.4, -0.2) is 39.5 Å². The standard InChI is InChI=1S/C23H28N4O/c1-17(24)18-13-15-26(16-14-18)23(28)12-11-22-25-20-9-5-6-10-21(20)27(22)19-7-3-2-4-8-19/h2-10,17-18H,11-16,24H2,1H3. The van der Waals surface area contributed by atoms with Crippen molar-refractivity contribution >= 4 is 16.9 Å². The summed E-state index contributed by atoms with van der Waals surface area (Å²) in [4.78, 5) is 19.6. The Morgan fingerprint density at radius 3 is 2.50 bits per heavy atom. The fraction of sp³-hybridized carbons (Fsp3) is 0.391. The Morgan fingerprint density at radius 2 is 1.79 bits per heavy atom. The molecule has 0 saturated carbocycles. The van der Waals surface area contributed by atoms with Crippen LogP contribution >= 0.6 is 0 Å². The van der Waals surface area contributed by atoms with Crippen molar-refractivity contribution in [1.82, 2.24) is 14.5 Å². The number of carbonyl (C=O) groups is 1. The van der Waals surface area contributed by atoms with Gasteiger partial charge in [-0.3, -0.25) is 9.36 Å². The first kappa shape index (κ1) is 18.7. The zero-order valence-electron chi connectivity index (χ0n) is 16.4. The van der Waals surface area contributed by atoms with Gasteiger partial charge >= 0.3 is 0 Å². The number of piperidine rings is 1. The van der Waals surface area contributed by atoms with E-state index >= 15 is 0 Å². The van der Waals surface area contributed by atoms with E-state index in [0.29, 0.717) is 18.8 Å². The van der Waals surface area contributed by atoms with Gasteiger partial charge in [0.1, 0.15) is 5.82 Å². The van der Waals surface area contributed by atoms with Crippen molar-refractivity contribution in [2.75, 3.05) is 13.1 Å². The minimum absolute atomic E-state index is 0.211. The molecule has 146 valence electrons. The topological polar surface area (TPSA) is 64.2 Å². The highest BCUT2D eigenvalue weighted by Gasteiger charge is 2.25. The van der Waals surface area contributed by atoms with Crippen LogP contribution in [0, 0.1) is 5.92 Å². The lowest BCUT2D eigenvalue weighted by Gasteiger charge is -2.33. The molecular formula is C23H28N4O. The number of aryl methyl sites for hydroxylation is 1. The van der Waals surface area contributed by atoms with Crippen LogP contribution in [0.25, 0.3) is 16.7 Å². The third kappa shape index (κ3) is 3.80. The van der Waals surface area contributed by atoms with Crippen molar-refractivity contribution in [1.29, 1.82) is 0 Å². The largest absolute Gasteiger partial charge is 0.343 e. The molecule has 1 aliphatic heterocycles. The highest BCUT2D eigenvalue weighted by molar-refractivity contribution is 5.79. The van der Waals surface area contributed by atoms with Gasteiger partial charge < -0.3 is 10.6 Å². The van der Waals surface area contributed by atoms with Gasteiger partial charge in [0.15, 0.2) is 0 Å². The normalized spacial score (nSPS) is 16.4. The van der Waals surface area contributed by atoms with Gasteiger partial charge in [0.05, 0.1) is 11.0 Å². The third-order valence-corrected chi connectivity index (χ3v) is 5.84. The predicted molar refractivity (Wildman–Crippen MR) is 112 cm³/mol. The highest BCUT2D eigenvalue weighted by Crippen LogP contribution is 2.23. The monoisotopic (exact) mass is 376 g/mol. The molecule has 2 heterocycles. The molecule has 0 spiro atoms. The summed E-state index contributed by atoms with van der Waals surface area (Å²) in [6.07, 6.45) is 3.13. The molecule has 1 amide bonds. The summed E-state index contributed by atoms with van der Waals surface area (Å²) in [6, 6.07) is 18.6. The van der Waals surface area contributed by atoms with Crippen LogP contribution in [0.3, 0.4) is 0 Å². The molecule has 5 heteroatoms. The Labute approximate surface area is 166 Å². The molecule has 1 aromatic heterocycles. The predicted octanol–water partition coefficient (Wildman–Crippen LogP) is 3.54. The molecule has 0 radical (unpaired) electrons. The quantitative estimate of drug-likeness (QED) is 0.741. The van der Waals surface area contributed by atoms with Crippen molar-refractivity contribution in [3.8, 4) is 5.69 Å². The number of imidazole rings is 1. The highest BCUT2D eigenvalue weighted by atomic mass is 16.2. The minimum atomic E-state index is 0.211. The lowest BCUT2D eigenvalue weighted by molar-refractivity contribution is -0.132. The Hall–Kier alpha value is -2.66. The Bertz CT molecular complexity index is 940. The van der Waals surface area contributed by atoms with Gasteiger partial charge in [-0.25, -0.2) is 4.98 Å². The molecule has 1 unspecified atom stereocenters. The van der Waals surface area contributed by atoms with E-state index < -0.39 is 0 Å². The van der Waals surface area contributed by atoms with Crippen LogP contribution in [0.15, 0.2) is 54.6 Å². The van der Waals surface area contributed by atoms with Crippen molar-refractivity contribution in [3.63, 3.8) is 0 Å². The zero-order chi connectivity index (χ0) is 19.5. The van der Waals surface area contributed by atoms with E-state index in [-0.39, 0.29) is 11.9 Å². The summed E-state index contributed by atoms with van der Waals surface area (Å²) >= 11 is 0. The number of hydrogen-bond donors (Lipinski definition) is 1. The summed E-state index contributed by atoms with van der Waals surface area (Å²) in [7, 11) is 0. The van der Waals surface area contributed by atoms with Crippen LogP contribution in [-0.2, 0) is 11.2 Å². The number of nitrogens with zero attached hydrogens (tertiary/aromatic N) is 3. The fourth-order valence-electron chi connectivity index (χ4n) is 4.16. The van der Waals surface area contributed by atoms with Gasteiger partial charge in [-0.05, 0) is 49.9 Å². The Morgan fingerprint density at radius 1 is 1.11 bits per heavy atom. The molecule has 2 aromatic carbocycles. The maximum atomic E-state index is 12.8. The van der Waals surface area contributed by atoms with Gasteiger partial charge in [-0.1, -0.05) is 30.3 Å². The fourth-order valence-corrected chi connectivity index (χ4v) is 4.16. The van der Waals surface area contributed by atoms with Crippen LogP contribution in [0.5, 0.6) is 0 Å². The van der Waals surface area contributed by atoms with Gasteiger partial charge in [-0.15, -0.1) is 0 Å². The number of amides is 1. The lowest BCUT2D eigenvalue weighted by Crippen LogP contribution is -2.42. The second kappa shape index (κ2) is 8.15. The van der Waals surface area contributed by atoms with Crippen LogP contribution in [0.1, 0.15) is 32.0 Å². The molecule has 3 aromatic rings. The summed E-state index contributed by atoms with van der Waals surface area (Å²) in [5.74, 6) is 1.69. The van der Waals surface area contributed by atoms with Crippen LogP contribution in [0.2, 0.25) is 0 Å². The molecule has 2 N–H and O–H groups in total. The van der Waals surface area contributed by atoms with Gasteiger partial charge in [0.2, 0.25) is 5.91 Å². The molecule has 1 aliphatic rings. The number of likely N-dealkylation sites (tertiary alicyclic amines) is 1. The van der Waals surface area contributed by atoms with Gasteiger partial charge in [0.25, 0.3) is 0 Å². The molecule has 4 rings (SSSR count). The minimum Gasteiger partial charge on any atom is -0.343 e. The van der Waals surface area contributed by atoms with E-state index in [2.05, 4.69) is 29.7 Å². The van der Waals surface area contributed by atoms with Crippen molar-refractivity contribution in [3.05, 3.63) is 60.4 Å². The van der Waals surface area contributed by atoms with E-state index in [9.17, 15) is 4.79 Å². The summed E-state index contributed by atoms with van der Waals surface area (Å²) in [5, 5.41) is 0. The van der Waals surface area contributed by atoms with E-state index in [1.165, 1.54) is 0 Å². The number of hydrogen-bond acceptors (Lipinski definition) is 3. The van der Waals surface area contributed by atoms with E-state index in [1.807, 2.05) is 41.3 Å². The number of nitrogens with two attached hydrogens (primary N) is 1. The second-order valence-electron chi connectivity index (χ2n) is 7.77. The first-order valence-electron chi connectivity index (χ1n) is 10.2. The summed E-state index contributed by atoms with van der Waals surface area (Å²) < 4.78 is 2.17. The summed E-state index contributed by atoms with van der Waals surface area (Å²) in [5.41, 5.74) is 9.14. The number of para-hydroxylation sites is 3. The average Bonchev–Trinajstić information content (AvgIpc) is 3.11. The Kier molecular flexibility index (Phi) is 5.44. The van der Waals surface area contributed by atoms with E-state index in [0.717, 1.165) is 48.5 Å². The van der Waals surface area contributed by atoms with Crippen LogP contribution < -0.4 is 5.73 Å². The maximum absolute atomic E-state index is 12.8. The number of benzene rings is 2. The van der Waals surface area contributed by atoms with Crippen LogP contribution in [0.4, 0.5) is 0 Å². The molecule has 1 fully saturated rings. The molecule has 0 aliphatic carbocycles. The molecule has 5 nitrogen and oxygen atoms in total. The summed E-state index contributed by atoms with van der Waals surface area (Å²) in [6.45, 7) is 3.70. The third-order valence-electron chi connectivity index (χ3n) is 5.84. The first-order chi connectivity index (χ1) is 13.6. The number of rotatable bonds is 5. The van der Waals surface area contributed by atoms with Crippen molar-refractivity contribution in [2.45, 2.75) is 38.6 Å². The first-order valence-corrected chi connectivity index (χ1v) is 10.2. The van der Waals surface area contributed by atoms with Gasteiger partial charge in [0, 0.05) is 37.7 Å². The SMILES string of the molecule is CC(N)C1CCN(C(=O)CCc2nc3ccccc3n2-c2ccccc2)CC1. The van der Waals surface area contributed by atoms with Gasteiger partial charge in [-0.2, -0.15) is 0 Å². The molecule has 28 heavy (non-hydrogen) atoms. The average molecular weight is 377 g/mol. The second-order valence-corrected chi connectivity index (χ2v) is 7.77. The zero-order valence-corrected chi connectivity index (χ0v) is 16.4. The molecule has 1 saturated heterocycles.